The summed E-state index contributed by atoms with van der Waals surface area (Å²) in [6.07, 6.45) is 1.27. The first-order valence-corrected chi connectivity index (χ1v) is 8.06. The predicted octanol–water partition coefficient (Wildman–Crippen LogP) is 2.34. The molecule has 7 nitrogen and oxygen atoms in total. The number of nitrogens with zero attached hydrogens (tertiary/aromatic N) is 4. The minimum absolute atomic E-state index is 0.170. The molecule has 8 heteroatoms. The lowest BCUT2D eigenvalue weighted by molar-refractivity contribution is -0.156. The van der Waals surface area contributed by atoms with Gasteiger partial charge >= 0.3 is 5.97 Å². The number of halogens is 1. The Labute approximate surface area is 146 Å². The van der Waals surface area contributed by atoms with Gasteiger partial charge in [-0.1, -0.05) is 26.8 Å². The lowest BCUT2D eigenvalue weighted by atomic mass is 9.76. The van der Waals surface area contributed by atoms with Crippen molar-refractivity contribution in [3.05, 3.63) is 35.9 Å². The van der Waals surface area contributed by atoms with Crippen molar-refractivity contribution in [2.24, 2.45) is 11.1 Å². The molecule has 2 rings (SSSR count). The summed E-state index contributed by atoms with van der Waals surface area (Å²) in [5.41, 5.74) is 5.24. The molecule has 0 amide bonds. The third kappa shape index (κ3) is 4.39. The van der Waals surface area contributed by atoms with Crippen molar-refractivity contribution in [1.82, 2.24) is 20.2 Å². The first-order chi connectivity index (χ1) is 11.5. The molecule has 25 heavy (non-hydrogen) atoms. The number of nitrogens with two attached hydrogens (primary N) is 1. The third-order valence-corrected chi connectivity index (χ3v) is 3.57. The van der Waals surface area contributed by atoms with Gasteiger partial charge in [-0.3, -0.25) is 0 Å². The van der Waals surface area contributed by atoms with E-state index in [0.29, 0.717) is 12.0 Å². The number of tetrazole rings is 1. The molecule has 0 radical (unpaired) electrons. The lowest BCUT2D eigenvalue weighted by Gasteiger charge is -2.34. The van der Waals surface area contributed by atoms with Crippen LogP contribution in [0.25, 0.3) is 5.69 Å². The summed E-state index contributed by atoms with van der Waals surface area (Å²) in [4.78, 5) is 12.7. The summed E-state index contributed by atoms with van der Waals surface area (Å²) >= 11 is 0. The number of esters is 1. The van der Waals surface area contributed by atoms with Gasteiger partial charge in [0.25, 0.3) is 0 Å². The standard InChI is InChI=1S/C17H24FN5O2/c1-11(2)25-15(24)17(19,9-16(3,4)5)12-6-7-14(13(18)8-12)23-10-20-21-22-23/h6-8,10-11H,9,19H2,1-5H3/t17-/m1/s1. The van der Waals surface area contributed by atoms with Crippen LogP contribution in [0.3, 0.4) is 0 Å². The smallest absolute Gasteiger partial charge is 0.331 e. The lowest BCUT2D eigenvalue weighted by Crippen LogP contribution is -2.49. The van der Waals surface area contributed by atoms with Gasteiger partial charge in [0.05, 0.1) is 6.10 Å². The second kappa shape index (κ2) is 6.87. The highest BCUT2D eigenvalue weighted by atomic mass is 19.1. The first kappa shape index (κ1) is 19.0. The zero-order chi connectivity index (χ0) is 18.8. The summed E-state index contributed by atoms with van der Waals surface area (Å²) in [6.45, 7) is 9.38. The zero-order valence-electron chi connectivity index (χ0n) is 15.2. The van der Waals surface area contributed by atoms with E-state index in [1.807, 2.05) is 20.8 Å². The number of rotatable bonds is 5. The quantitative estimate of drug-likeness (QED) is 0.833. The Balaban J connectivity index is 2.47. The van der Waals surface area contributed by atoms with E-state index in [1.54, 1.807) is 19.9 Å². The van der Waals surface area contributed by atoms with Crippen molar-refractivity contribution >= 4 is 5.97 Å². The normalized spacial score (nSPS) is 14.4. The summed E-state index contributed by atoms with van der Waals surface area (Å²) < 4.78 is 21.1. The molecule has 0 bridgehead atoms. The molecule has 1 heterocycles. The minimum atomic E-state index is -1.46. The zero-order valence-corrected chi connectivity index (χ0v) is 15.2. The number of carbonyl (C=O) groups excluding carboxylic acids is 1. The topological polar surface area (TPSA) is 95.9 Å². The first-order valence-electron chi connectivity index (χ1n) is 8.06. The van der Waals surface area contributed by atoms with E-state index in [1.165, 1.54) is 23.1 Å². The van der Waals surface area contributed by atoms with E-state index in [0.717, 1.165) is 0 Å². The van der Waals surface area contributed by atoms with E-state index >= 15 is 0 Å². The van der Waals surface area contributed by atoms with Gasteiger partial charge in [0.15, 0.2) is 0 Å². The second-order valence-corrected chi connectivity index (χ2v) is 7.58. The number of carbonyl (C=O) groups is 1. The van der Waals surface area contributed by atoms with Crippen LogP contribution in [-0.2, 0) is 15.1 Å². The average Bonchev–Trinajstić information content (AvgIpc) is 2.98. The van der Waals surface area contributed by atoms with Crippen molar-refractivity contribution in [1.29, 1.82) is 0 Å². The summed E-state index contributed by atoms with van der Waals surface area (Å²) in [5, 5.41) is 10.6. The molecule has 1 atom stereocenters. The summed E-state index contributed by atoms with van der Waals surface area (Å²) in [7, 11) is 0. The van der Waals surface area contributed by atoms with Crippen LogP contribution in [0.4, 0.5) is 4.39 Å². The largest absolute Gasteiger partial charge is 0.461 e. The Hall–Kier alpha value is -2.35. The molecule has 1 aromatic heterocycles. The SMILES string of the molecule is CC(C)OC(=O)[C@@](N)(CC(C)(C)C)c1ccc(-n2cnnn2)c(F)c1. The van der Waals surface area contributed by atoms with Gasteiger partial charge in [-0.15, -0.1) is 5.10 Å². The van der Waals surface area contributed by atoms with Crippen LogP contribution in [0, 0.1) is 11.2 Å². The fraction of sp³-hybridized carbons (Fsp3) is 0.529. The van der Waals surface area contributed by atoms with Crippen molar-refractivity contribution in [2.75, 3.05) is 0 Å². The van der Waals surface area contributed by atoms with Crippen LogP contribution in [0.1, 0.15) is 46.6 Å². The Morgan fingerprint density at radius 2 is 2.04 bits per heavy atom. The van der Waals surface area contributed by atoms with Gasteiger partial charge < -0.3 is 10.5 Å². The summed E-state index contributed by atoms with van der Waals surface area (Å²) in [5.74, 6) is -1.15. The van der Waals surface area contributed by atoms with Gasteiger partial charge in [-0.2, -0.15) is 4.68 Å². The summed E-state index contributed by atoms with van der Waals surface area (Å²) in [6, 6.07) is 4.34. The molecular formula is C17H24FN5O2. The average molecular weight is 349 g/mol. The molecule has 0 aliphatic heterocycles. The molecule has 136 valence electrons. The number of ether oxygens (including phenoxy) is 1. The van der Waals surface area contributed by atoms with Crippen LogP contribution in [0.15, 0.2) is 24.5 Å². The van der Waals surface area contributed by atoms with E-state index in [9.17, 15) is 9.18 Å². The molecule has 0 aliphatic carbocycles. The molecule has 2 aromatic rings. The molecule has 0 spiro atoms. The Kier molecular flexibility index (Phi) is 5.22. The maximum absolute atomic E-state index is 14.6. The third-order valence-electron chi connectivity index (χ3n) is 3.57. The van der Waals surface area contributed by atoms with Crippen LogP contribution in [0.2, 0.25) is 0 Å². The maximum atomic E-state index is 14.6. The monoisotopic (exact) mass is 349 g/mol. The van der Waals surface area contributed by atoms with Crippen LogP contribution < -0.4 is 5.73 Å². The molecule has 0 saturated heterocycles. The highest BCUT2D eigenvalue weighted by Gasteiger charge is 2.42. The van der Waals surface area contributed by atoms with Gasteiger partial charge in [-0.05, 0) is 53.8 Å². The molecular weight excluding hydrogens is 325 g/mol. The number of hydrogen-bond acceptors (Lipinski definition) is 6. The molecule has 0 saturated carbocycles. The van der Waals surface area contributed by atoms with Crippen molar-refractivity contribution in [3.63, 3.8) is 0 Å². The molecule has 0 unspecified atom stereocenters. The van der Waals surface area contributed by atoms with Crippen molar-refractivity contribution in [2.45, 2.75) is 52.7 Å². The van der Waals surface area contributed by atoms with Gasteiger partial charge in [0, 0.05) is 0 Å². The fourth-order valence-electron chi connectivity index (χ4n) is 2.69. The molecule has 1 aromatic carbocycles. The van der Waals surface area contributed by atoms with Gasteiger partial charge in [-0.25, -0.2) is 9.18 Å². The van der Waals surface area contributed by atoms with Crippen LogP contribution in [0.5, 0.6) is 0 Å². The van der Waals surface area contributed by atoms with E-state index < -0.39 is 17.3 Å². The highest BCUT2D eigenvalue weighted by molar-refractivity contribution is 5.82. The Morgan fingerprint density at radius 3 is 2.52 bits per heavy atom. The Morgan fingerprint density at radius 1 is 1.36 bits per heavy atom. The van der Waals surface area contributed by atoms with E-state index in [-0.39, 0.29) is 17.2 Å². The van der Waals surface area contributed by atoms with Crippen molar-refractivity contribution < 1.29 is 13.9 Å². The fourth-order valence-corrected chi connectivity index (χ4v) is 2.69. The van der Waals surface area contributed by atoms with Gasteiger partial charge in [0.1, 0.15) is 23.4 Å². The molecule has 0 aliphatic rings. The van der Waals surface area contributed by atoms with Gasteiger partial charge in [0.2, 0.25) is 0 Å². The van der Waals surface area contributed by atoms with Crippen LogP contribution in [-0.4, -0.2) is 32.3 Å². The highest BCUT2D eigenvalue weighted by Crippen LogP contribution is 2.35. The van der Waals surface area contributed by atoms with E-state index in [2.05, 4.69) is 15.5 Å². The molecule has 2 N–H and O–H groups in total. The number of benzene rings is 1. The number of aromatic nitrogens is 4. The molecule has 0 fully saturated rings. The number of hydrogen-bond donors (Lipinski definition) is 1. The van der Waals surface area contributed by atoms with Crippen LogP contribution >= 0.6 is 0 Å². The second-order valence-electron chi connectivity index (χ2n) is 7.58. The minimum Gasteiger partial charge on any atom is -0.461 e. The Bertz CT molecular complexity index is 740. The van der Waals surface area contributed by atoms with Crippen molar-refractivity contribution in [3.8, 4) is 5.69 Å². The maximum Gasteiger partial charge on any atom is 0.331 e. The van der Waals surface area contributed by atoms with E-state index in [4.69, 9.17) is 10.5 Å². The predicted molar refractivity (Wildman–Crippen MR) is 90.3 cm³/mol.